The lowest BCUT2D eigenvalue weighted by Crippen LogP contribution is -2.45. The molecule has 0 radical (unpaired) electrons. The van der Waals surface area contributed by atoms with Crippen molar-refractivity contribution in [2.24, 2.45) is 16.6 Å². The molecule has 1 saturated heterocycles. The third-order valence-electron chi connectivity index (χ3n) is 6.27. The summed E-state index contributed by atoms with van der Waals surface area (Å²) in [5.74, 6) is 2.93. The molecule has 43 heavy (non-hydrogen) atoms. The number of halogens is 1. The summed E-state index contributed by atoms with van der Waals surface area (Å²) in [6.07, 6.45) is 8.29. The summed E-state index contributed by atoms with van der Waals surface area (Å²) < 4.78 is 0. The Kier molecular flexibility index (Phi) is 33.3. The Morgan fingerprint density at radius 1 is 1.19 bits per heavy atom. The van der Waals surface area contributed by atoms with Crippen LogP contribution in [0.25, 0.3) is 0 Å². The van der Waals surface area contributed by atoms with Crippen LogP contribution in [0.5, 0.6) is 0 Å². The predicted octanol–water partition coefficient (Wildman–Crippen LogP) is 6.50. The first-order chi connectivity index (χ1) is 20.5. The number of hydrogen-bond acceptors (Lipinski definition) is 7. The fourth-order valence-electron chi connectivity index (χ4n) is 3.81. The van der Waals surface area contributed by atoms with E-state index in [-0.39, 0.29) is 18.4 Å². The highest BCUT2D eigenvalue weighted by Gasteiger charge is 2.17. The maximum absolute atomic E-state index is 12.2. The maximum Gasteiger partial charge on any atom is 0.220 e. The average molecular weight is 644 g/mol. The summed E-state index contributed by atoms with van der Waals surface area (Å²) in [5, 5.41) is 7.19. The monoisotopic (exact) mass is 643 g/mol. The van der Waals surface area contributed by atoms with E-state index in [1.165, 1.54) is 17.9 Å². The van der Waals surface area contributed by atoms with Crippen molar-refractivity contribution in [2.75, 3.05) is 44.7 Å². The maximum atomic E-state index is 12.2. The fourth-order valence-corrected chi connectivity index (χ4v) is 5.05. The van der Waals surface area contributed by atoms with E-state index < -0.39 is 0 Å². The number of carbonyl (C=O) groups is 3. The third-order valence-corrected chi connectivity index (χ3v) is 7.51. The van der Waals surface area contributed by atoms with Crippen molar-refractivity contribution in [3.63, 3.8) is 0 Å². The first-order valence-electron chi connectivity index (χ1n) is 15.6. The van der Waals surface area contributed by atoms with Gasteiger partial charge in [-0.25, -0.2) is 0 Å². The number of likely N-dealkylation sites (N-methyl/N-ethyl adjacent to an activating group) is 1. The molecule has 2 unspecified atom stereocenters. The number of primary amides is 1. The number of nitrogens with zero attached hydrogens (tertiary/aromatic N) is 2. The summed E-state index contributed by atoms with van der Waals surface area (Å²) in [6.45, 7) is 24.0. The van der Waals surface area contributed by atoms with Gasteiger partial charge in [-0.1, -0.05) is 72.6 Å². The van der Waals surface area contributed by atoms with E-state index in [9.17, 15) is 9.59 Å². The molecule has 2 atom stereocenters. The Bertz CT molecular complexity index is 855. The summed E-state index contributed by atoms with van der Waals surface area (Å²) in [6, 6.07) is 0.181. The number of aldehydes is 1. The van der Waals surface area contributed by atoms with E-state index >= 15 is 0 Å². The van der Waals surface area contributed by atoms with Crippen LogP contribution < -0.4 is 16.4 Å². The van der Waals surface area contributed by atoms with Gasteiger partial charge >= 0.3 is 0 Å². The second kappa shape index (κ2) is 31.5. The number of amides is 2. The Labute approximate surface area is 272 Å². The van der Waals surface area contributed by atoms with Crippen LogP contribution in [0.1, 0.15) is 93.9 Å². The topological polar surface area (TPSA) is 117 Å². The molecule has 1 aliphatic heterocycles. The number of thioether (sulfide) groups is 1. The van der Waals surface area contributed by atoms with Gasteiger partial charge in [0.15, 0.2) is 0 Å². The third kappa shape index (κ3) is 26.2. The smallest absolute Gasteiger partial charge is 0.220 e. The van der Waals surface area contributed by atoms with Crippen molar-refractivity contribution in [3.05, 3.63) is 34.5 Å². The number of nitrogens with two attached hydrogens (primary N) is 1. The molecule has 250 valence electrons. The van der Waals surface area contributed by atoms with Gasteiger partial charge in [-0.3, -0.25) is 24.3 Å². The van der Waals surface area contributed by atoms with Crippen LogP contribution in [0.4, 0.5) is 0 Å². The number of nitrogens with one attached hydrogen (secondary N) is 2. The zero-order valence-electron chi connectivity index (χ0n) is 28.6. The Morgan fingerprint density at radius 3 is 2.21 bits per heavy atom. The summed E-state index contributed by atoms with van der Waals surface area (Å²) in [5.41, 5.74) is 8.07. The quantitative estimate of drug-likeness (QED) is 0.127. The summed E-state index contributed by atoms with van der Waals surface area (Å²) >= 11 is 8.02. The lowest BCUT2D eigenvalue weighted by Gasteiger charge is -2.25. The minimum absolute atomic E-state index is 0.0994. The zero-order chi connectivity index (χ0) is 33.6. The number of aliphatic imine (C=N–C) groups is 1. The highest BCUT2D eigenvalue weighted by molar-refractivity contribution is 7.99. The normalized spacial score (nSPS) is 16.0. The molecule has 0 spiro atoms. The lowest BCUT2D eigenvalue weighted by molar-refractivity contribution is -0.122. The molecule has 1 heterocycles. The Morgan fingerprint density at radius 2 is 1.74 bits per heavy atom. The van der Waals surface area contributed by atoms with Gasteiger partial charge in [0, 0.05) is 66.6 Å². The molecule has 0 aromatic rings. The first-order valence-corrected chi connectivity index (χ1v) is 17.2. The Balaban J connectivity index is -0.000000693. The second-order valence-corrected chi connectivity index (χ2v) is 11.9. The van der Waals surface area contributed by atoms with E-state index in [4.69, 9.17) is 21.4 Å². The van der Waals surface area contributed by atoms with Gasteiger partial charge in [-0.2, -0.15) is 11.8 Å². The Hall–Kier alpha value is -1.94. The van der Waals surface area contributed by atoms with Crippen LogP contribution in [0.15, 0.2) is 39.5 Å². The van der Waals surface area contributed by atoms with Crippen molar-refractivity contribution in [1.82, 2.24) is 15.5 Å². The van der Waals surface area contributed by atoms with Crippen LogP contribution >= 0.6 is 23.4 Å². The molecular weight excluding hydrogens is 582 g/mol. The number of allylic oxidation sites excluding steroid dienone is 4. The van der Waals surface area contributed by atoms with Gasteiger partial charge in [-0.15, -0.1) is 0 Å². The number of carbonyl (C=O) groups excluding carboxylic acids is 3. The molecule has 1 fully saturated rings. The van der Waals surface area contributed by atoms with Crippen LogP contribution in [-0.4, -0.2) is 80.0 Å². The van der Waals surface area contributed by atoms with E-state index in [1.807, 2.05) is 52.6 Å². The van der Waals surface area contributed by atoms with Gasteiger partial charge in [0.2, 0.25) is 12.3 Å². The van der Waals surface area contributed by atoms with Gasteiger partial charge in [0.25, 0.3) is 0 Å². The molecule has 8 nitrogen and oxygen atoms in total. The van der Waals surface area contributed by atoms with Gasteiger partial charge in [-0.05, 0) is 63.3 Å². The largest absolute Gasteiger partial charge is 0.372 e. The van der Waals surface area contributed by atoms with E-state index in [0.29, 0.717) is 24.3 Å². The van der Waals surface area contributed by atoms with Crippen molar-refractivity contribution in [1.29, 1.82) is 0 Å². The SMILES string of the molecule is C=C(C=O)CN1CCSCC1.CC.CCC.CCC(C)C(CNC)NC(=O)CCC(C)=NC1=C(C)C=C(Cl)CC1.NC=O. The molecule has 2 rings (SSSR count). The van der Waals surface area contributed by atoms with Gasteiger partial charge in [0.1, 0.15) is 6.29 Å². The fraction of sp³-hybridized carbons (Fsp3) is 0.697. The summed E-state index contributed by atoms with van der Waals surface area (Å²) in [7, 11) is 1.92. The highest BCUT2D eigenvalue weighted by atomic mass is 35.5. The van der Waals surface area contributed by atoms with Crippen molar-refractivity contribution >= 4 is 47.7 Å². The van der Waals surface area contributed by atoms with Crippen LogP contribution in [0, 0.1) is 5.92 Å². The molecule has 2 aliphatic rings. The molecule has 0 bridgehead atoms. The minimum Gasteiger partial charge on any atom is -0.372 e. The number of hydrogen-bond donors (Lipinski definition) is 3. The molecule has 2 amide bonds. The molecule has 1 aliphatic carbocycles. The number of rotatable bonds is 12. The molecule has 10 heteroatoms. The van der Waals surface area contributed by atoms with Crippen molar-refractivity contribution in [2.45, 2.75) is 100.0 Å². The van der Waals surface area contributed by atoms with E-state index in [1.54, 1.807) is 0 Å². The molecule has 4 N–H and O–H groups in total. The zero-order valence-corrected chi connectivity index (χ0v) is 30.1. The van der Waals surface area contributed by atoms with Crippen molar-refractivity contribution in [3.8, 4) is 0 Å². The predicted molar refractivity (Wildman–Crippen MR) is 190 cm³/mol. The lowest BCUT2D eigenvalue weighted by atomic mass is 9.99. The van der Waals surface area contributed by atoms with Gasteiger partial charge in [0.05, 0.1) is 0 Å². The second-order valence-electron chi connectivity index (χ2n) is 10.2. The average Bonchev–Trinajstić information content (AvgIpc) is 2.99. The van der Waals surface area contributed by atoms with Crippen LogP contribution in [0.3, 0.4) is 0 Å². The van der Waals surface area contributed by atoms with Crippen LogP contribution in [-0.2, 0) is 14.4 Å². The molecule has 0 aromatic carbocycles. The molecular formula is C33H62ClN5O3S. The van der Waals surface area contributed by atoms with Gasteiger partial charge < -0.3 is 16.4 Å². The standard InChI is InChI=1S/C19H32ClN3O.C8H13NOS.C3H8.C2H6.CH3NO/c1-6-13(2)18(12-21-5)23-19(24)10-7-15(4)22-17-9-8-16(20)11-14(17)3;1-8(7-10)6-9-2-4-11-5-3-9;1-3-2;1-2;2-1-3/h11,13,18,21H,6-10,12H2,1-5H3,(H,23,24);7H,1-6H2;3H2,1-2H3;1-2H3;1H,(H2,2,3). The van der Waals surface area contributed by atoms with E-state index in [0.717, 1.165) is 73.7 Å². The molecule has 0 saturated carbocycles. The first kappa shape index (κ1) is 45.5. The van der Waals surface area contributed by atoms with Crippen LogP contribution in [0.2, 0.25) is 0 Å². The van der Waals surface area contributed by atoms with E-state index in [2.05, 4.69) is 55.5 Å². The van der Waals surface area contributed by atoms with Crippen molar-refractivity contribution < 1.29 is 14.4 Å². The summed E-state index contributed by atoms with van der Waals surface area (Å²) in [4.78, 5) is 38.0. The highest BCUT2D eigenvalue weighted by Crippen LogP contribution is 2.27. The molecule has 0 aromatic heterocycles. The minimum atomic E-state index is 0.0994.